The first-order chi connectivity index (χ1) is 18.1. The second-order valence-corrected chi connectivity index (χ2v) is 10.5. The Bertz CT molecular complexity index is 1400. The Morgan fingerprint density at radius 1 is 1.05 bits per heavy atom. The van der Waals surface area contributed by atoms with Gasteiger partial charge in [0.05, 0.1) is 6.10 Å². The number of carbonyl (C=O) groups excluding carboxylic acids is 1. The van der Waals surface area contributed by atoms with Crippen molar-refractivity contribution in [3.05, 3.63) is 88.4 Å². The SMILES string of the molecule is Cc1[nH]c2ccccc2c1CN1CCc2c(c(C(=O)N3CCC(O)CC3)nn2CCc2ccccc2)C1. The number of likely N-dealkylation sites (tertiary alicyclic amines) is 1. The van der Waals surface area contributed by atoms with Gasteiger partial charge in [-0.25, -0.2) is 0 Å². The van der Waals surface area contributed by atoms with Gasteiger partial charge < -0.3 is 15.0 Å². The minimum absolute atomic E-state index is 0.00624. The molecule has 2 aliphatic heterocycles. The summed E-state index contributed by atoms with van der Waals surface area (Å²) in [6.45, 7) is 6.58. The molecule has 2 aromatic heterocycles. The molecule has 0 radical (unpaired) electrons. The second kappa shape index (κ2) is 10.1. The van der Waals surface area contributed by atoms with Gasteiger partial charge in [-0.3, -0.25) is 14.4 Å². The smallest absolute Gasteiger partial charge is 0.274 e. The summed E-state index contributed by atoms with van der Waals surface area (Å²) < 4.78 is 2.09. The Labute approximate surface area is 217 Å². The number of para-hydroxylation sites is 1. The van der Waals surface area contributed by atoms with Gasteiger partial charge in [-0.15, -0.1) is 0 Å². The Morgan fingerprint density at radius 3 is 2.62 bits per heavy atom. The zero-order chi connectivity index (χ0) is 25.4. The highest BCUT2D eigenvalue weighted by atomic mass is 16.3. The second-order valence-electron chi connectivity index (χ2n) is 10.5. The van der Waals surface area contributed by atoms with Crippen molar-refractivity contribution in [1.29, 1.82) is 0 Å². The molecule has 192 valence electrons. The number of aryl methyl sites for hydroxylation is 3. The van der Waals surface area contributed by atoms with Crippen molar-refractivity contribution < 1.29 is 9.90 Å². The minimum Gasteiger partial charge on any atom is -0.393 e. The first-order valence-electron chi connectivity index (χ1n) is 13.4. The zero-order valence-corrected chi connectivity index (χ0v) is 21.5. The van der Waals surface area contributed by atoms with Crippen LogP contribution in [0.5, 0.6) is 0 Å². The molecule has 2 aliphatic rings. The summed E-state index contributed by atoms with van der Waals surface area (Å²) in [5, 5.41) is 16.1. The standard InChI is InChI=1S/C30H35N5O2/c1-21-25(24-9-5-6-10-27(24)31-21)19-33-15-14-28-26(20-33)29(30(37)34-16-12-23(36)13-17-34)32-35(28)18-11-22-7-3-2-4-8-22/h2-10,23,31,36H,11-20H2,1H3. The summed E-state index contributed by atoms with van der Waals surface area (Å²) in [7, 11) is 0. The molecule has 0 bridgehead atoms. The van der Waals surface area contributed by atoms with Crippen molar-refractivity contribution in [3.8, 4) is 0 Å². The van der Waals surface area contributed by atoms with Crippen molar-refractivity contribution in [2.45, 2.75) is 58.3 Å². The number of benzene rings is 2. The topological polar surface area (TPSA) is 77.4 Å². The molecule has 4 aromatic rings. The minimum atomic E-state index is -0.309. The van der Waals surface area contributed by atoms with Crippen LogP contribution >= 0.6 is 0 Å². The van der Waals surface area contributed by atoms with Gasteiger partial charge in [-0.2, -0.15) is 5.10 Å². The van der Waals surface area contributed by atoms with E-state index < -0.39 is 0 Å². The number of rotatable bonds is 6. The number of aliphatic hydroxyl groups is 1. The highest BCUT2D eigenvalue weighted by Gasteiger charge is 2.32. The maximum atomic E-state index is 13.7. The van der Waals surface area contributed by atoms with Crippen molar-refractivity contribution in [1.82, 2.24) is 24.6 Å². The summed E-state index contributed by atoms with van der Waals surface area (Å²) in [6.07, 6.45) is 2.72. The third-order valence-corrected chi connectivity index (χ3v) is 8.03. The molecule has 2 aromatic carbocycles. The molecular formula is C30H35N5O2. The fourth-order valence-electron chi connectivity index (χ4n) is 5.90. The molecule has 0 aliphatic carbocycles. The molecule has 7 nitrogen and oxygen atoms in total. The average molecular weight is 498 g/mol. The molecule has 7 heteroatoms. The molecular weight excluding hydrogens is 462 g/mol. The number of aliphatic hydroxyl groups excluding tert-OH is 1. The molecule has 6 rings (SSSR count). The van der Waals surface area contributed by atoms with Crippen molar-refractivity contribution in [2.75, 3.05) is 19.6 Å². The summed E-state index contributed by atoms with van der Waals surface area (Å²) in [6, 6.07) is 18.9. The van der Waals surface area contributed by atoms with Crippen LogP contribution in [-0.2, 0) is 32.5 Å². The van der Waals surface area contributed by atoms with Gasteiger partial charge in [0.1, 0.15) is 0 Å². The Morgan fingerprint density at radius 2 is 1.81 bits per heavy atom. The lowest BCUT2D eigenvalue weighted by atomic mass is 10.0. The van der Waals surface area contributed by atoms with Gasteiger partial charge in [0.25, 0.3) is 5.91 Å². The van der Waals surface area contributed by atoms with E-state index in [0.29, 0.717) is 31.6 Å². The van der Waals surface area contributed by atoms with Gasteiger partial charge >= 0.3 is 0 Å². The molecule has 2 N–H and O–H groups in total. The van der Waals surface area contributed by atoms with Gasteiger partial charge in [0, 0.05) is 73.5 Å². The number of aromatic nitrogens is 3. The molecule has 0 saturated carbocycles. The van der Waals surface area contributed by atoms with E-state index in [-0.39, 0.29) is 12.0 Å². The van der Waals surface area contributed by atoms with Crippen LogP contribution in [0.2, 0.25) is 0 Å². The molecule has 0 spiro atoms. The number of fused-ring (bicyclic) bond motifs is 2. The molecule has 1 fully saturated rings. The number of nitrogens with zero attached hydrogens (tertiary/aromatic N) is 4. The lowest BCUT2D eigenvalue weighted by Crippen LogP contribution is -2.41. The lowest BCUT2D eigenvalue weighted by molar-refractivity contribution is 0.0538. The summed E-state index contributed by atoms with van der Waals surface area (Å²) in [5.41, 5.74) is 7.85. The third kappa shape index (κ3) is 4.81. The van der Waals surface area contributed by atoms with E-state index in [0.717, 1.165) is 44.6 Å². The van der Waals surface area contributed by atoms with E-state index in [1.807, 2.05) is 11.0 Å². The monoisotopic (exact) mass is 497 g/mol. The van der Waals surface area contributed by atoms with Gasteiger partial charge in [-0.05, 0) is 43.4 Å². The van der Waals surface area contributed by atoms with Crippen LogP contribution < -0.4 is 0 Å². The van der Waals surface area contributed by atoms with E-state index in [2.05, 4.69) is 70.0 Å². The van der Waals surface area contributed by atoms with Gasteiger partial charge in [-0.1, -0.05) is 48.5 Å². The van der Waals surface area contributed by atoms with Crippen LogP contribution in [0.3, 0.4) is 0 Å². The van der Waals surface area contributed by atoms with Gasteiger partial charge in [0.15, 0.2) is 5.69 Å². The number of hydrogen-bond donors (Lipinski definition) is 2. The maximum Gasteiger partial charge on any atom is 0.274 e. The lowest BCUT2D eigenvalue weighted by Gasteiger charge is -2.30. The van der Waals surface area contributed by atoms with E-state index >= 15 is 0 Å². The fraction of sp³-hybridized carbons (Fsp3) is 0.400. The molecule has 1 amide bonds. The molecule has 4 heterocycles. The van der Waals surface area contributed by atoms with Crippen LogP contribution in [-0.4, -0.2) is 61.3 Å². The summed E-state index contributed by atoms with van der Waals surface area (Å²) in [5.74, 6) is 0.00624. The summed E-state index contributed by atoms with van der Waals surface area (Å²) >= 11 is 0. The number of hydrogen-bond acceptors (Lipinski definition) is 4. The van der Waals surface area contributed by atoms with E-state index in [4.69, 9.17) is 5.10 Å². The highest BCUT2D eigenvalue weighted by Crippen LogP contribution is 2.29. The van der Waals surface area contributed by atoms with Crippen molar-refractivity contribution in [3.63, 3.8) is 0 Å². The zero-order valence-electron chi connectivity index (χ0n) is 21.5. The number of piperidine rings is 1. The Kier molecular flexibility index (Phi) is 6.57. The van der Waals surface area contributed by atoms with Crippen LogP contribution in [0, 0.1) is 6.92 Å². The highest BCUT2D eigenvalue weighted by molar-refractivity contribution is 5.94. The number of H-pyrrole nitrogens is 1. The first kappa shape index (κ1) is 23.9. The van der Waals surface area contributed by atoms with Crippen molar-refractivity contribution in [2.24, 2.45) is 0 Å². The average Bonchev–Trinajstić information content (AvgIpc) is 3.45. The van der Waals surface area contributed by atoms with E-state index in [1.54, 1.807) is 0 Å². The number of amides is 1. The van der Waals surface area contributed by atoms with Crippen LogP contribution in [0.25, 0.3) is 10.9 Å². The number of aromatic amines is 1. The molecule has 0 unspecified atom stereocenters. The fourth-order valence-corrected chi connectivity index (χ4v) is 5.90. The predicted octanol–water partition coefficient (Wildman–Crippen LogP) is 4.07. The van der Waals surface area contributed by atoms with Crippen LogP contribution in [0.1, 0.15) is 51.4 Å². The number of carbonyl (C=O) groups is 1. The van der Waals surface area contributed by atoms with E-state index in [9.17, 15) is 9.90 Å². The predicted molar refractivity (Wildman–Crippen MR) is 144 cm³/mol. The van der Waals surface area contributed by atoms with Crippen LogP contribution in [0.4, 0.5) is 0 Å². The Balaban J connectivity index is 1.28. The summed E-state index contributed by atoms with van der Waals surface area (Å²) in [4.78, 5) is 21.5. The van der Waals surface area contributed by atoms with Gasteiger partial charge in [0.2, 0.25) is 0 Å². The largest absolute Gasteiger partial charge is 0.393 e. The molecule has 1 saturated heterocycles. The third-order valence-electron chi connectivity index (χ3n) is 8.03. The van der Waals surface area contributed by atoms with Crippen molar-refractivity contribution >= 4 is 16.8 Å². The molecule has 37 heavy (non-hydrogen) atoms. The quantitative estimate of drug-likeness (QED) is 0.421. The molecule has 0 atom stereocenters. The van der Waals surface area contributed by atoms with Crippen LogP contribution in [0.15, 0.2) is 54.6 Å². The Hall–Kier alpha value is -3.42. The first-order valence-corrected chi connectivity index (χ1v) is 13.4. The van der Waals surface area contributed by atoms with E-state index in [1.165, 1.54) is 33.4 Å². The maximum absolute atomic E-state index is 13.7. The normalized spacial score (nSPS) is 16.9. The number of nitrogens with one attached hydrogen (secondary N) is 1.